The van der Waals surface area contributed by atoms with Gasteiger partial charge in [-0.25, -0.2) is 0 Å². The molecular formula is C8H10N2O2S. The van der Waals surface area contributed by atoms with Gasteiger partial charge in [-0.05, 0) is 31.3 Å². The van der Waals surface area contributed by atoms with Crippen molar-refractivity contribution in [1.82, 2.24) is 10.6 Å². The second-order valence-corrected chi connectivity index (χ2v) is 2.70. The van der Waals surface area contributed by atoms with Gasteiger partial charge < -0.3 is 9.73 Å². The molecule has 0 aliphatic heterocycles. The molecule has 0 aliphatic rings. The van der Waals surface area contributed by atoms with Crippen LogP contribution in [0.15, 0.2) is 22.8 Å². The van der Waals surface area contributed by atoms with Gasteiger partial charge in [-0.1, -0.05) is 0 Å². The average Bonchev–Trinajstić information content (AvgIpc) is 2.55. The van der Waals surface area contributed by atoms with E-state index in [9.17, 15) is 4.79 Å². The van der Waals surface area contributed by atoms with Gasteiger partial charge in [0.05, 0.1) is 6.26 Å². The third kappa shape index (κ3) is 2.87. The molecule has 70 valence electrons. The van der Waals surface area contributed by atoms with Crippen LogP contribution in [0.3, 0.4) is 0 Å². The zero-order valence-corrected chi connectivity index (χ0v) is 7.98. The summed E-state index contributed by atoms with van der Waals surface area (Å²) in [5, 5.41) is 5.58. The number of rotatable bonds is 2. The van der Waals surface area contributed by atoms with Crippen molar-refractivity contribution < 1.29 is 9.21 Å². The largest absolute Gasteiger partial charge is 0.459 e. The minimum Gasteiger partial charge on any atom is -0.459 e. The maximum absolute atomic E-state index is 11.3. The van der Waals surface area contributed by atoms with Crippen LogP contribution in [0, 0.1) is 0 Å². The second-order valence-electron chi connectivity index (χ2n) is 2.29. The molecule has 0 atom stereocenters. The first-order valence-corrected chi connectivity index (χ1v) is 4.27. The Kier molecular flexibility index (Phi) is 3.45. The lowest BCUT2D eigenvalue weighted by atomic mass is 10.4. The zero-order valence-electron chi connectivity index (χ0n) is 7.16. The van der Waals surface area contributed by atoms with Crippen LogP contribution >= 0.6 is 12.2 Å². The lowest BCUT2D eigenvalue weighted by Gasteiger charge is -2.04. The van der Waals surface area contributed by atoms with Gasteiger partial charge >= 0.3 is 0 Å². The van der Waals surface area contributed by atoms with E-state index in [-0.39, 0.29) is 11.7 Å². The standard InChI is InChI=1S/C8H10N2O2S/c1-2-9-8(13)10-7(11)6-4-3-5-12-6/h3-5H,2H2,1H3,(H2,9,10,11,13). The van der Waals surface area contributed by atoms with Crippen molar-refractivity contribution >= 4 is 23.2 Å². The molecular weight excluding hydrogens is 188 g/mol. The molecule has 1 heterocycles. The highest BCUT2D eigenvalue weighted by Crippen LogP contribution is 1.98. The highest BCUT2D eigenvalue weighted by Gasteiger charge is 2.08. The maximum Gasteiger partial charge on any atom is 0.293 e. The Labute approximate surface area is 81.3 Å². The quantitative estimate of drug-likeness (QED) is 0.693. The topological polar surface area (TPSA) is 54.3 Å². The summed E-state index contributed by atoms with van der Waals surface area (Å²) in [6.45, 7) is 2.57. The molecule has 0 aromatic carbocycles. The van der Waals surface area contributed by atoms with E-state index in [0.29, 0.717) is 11.7 Å². The Hall–Kier alpha value is -1.36. The molecule has 5 heteroatoms. The Morgan fingerprint density at radius 1 is 1.69 bits per heavy atom. The van der Waals surface area contributed by atoms with Gasteiger partial charge in [0.25, 0.3) is 5.91 Å². The highest BCUT2D eigenvalue weighted by atomic mass is 32.1. The van der Waals surface area contributed by atoms with Crippen LogP contribution in [-0.2, 0) is 0 Å². The fourth-order valence-corrected chi connectivity index (χ4v) is 1.01. The van der Waals surface area contributed by atoms with Crippen molar-refractivity contribution in [3.05, 3.63) is 24.2 Å². The van der Waals surface area contributed by atoms with Crippen molar-refractivity contribution in [1.29, 1.82) is 0 Å². The van der Waals surface area contributed by atoms with E-state index in [1.807, 2.05) is 6.92 Å². The Morgan fingerprint density at radius 3 is 3.00 bits per heavy atom. The molecule has 0 saturated heterocycles. The molecule has 0 aliphatic carbocycles. The summed E-state index contributed by atoms with van der Waals surface area (Å²) >= 11 is 4.82. The molecule has 0 fully saturated rings. The van der Waals surface area contributed by atoms with Crippen LogP contribution in [0.25, 0.3) is 0 Å². The van der Waals surface area contributed by atoms with E-state index >= 15 is 0 Å². The lowest BCUT2D eigenvalue weighted by molar-refractivity contribution is 0.0949. The Morgan fingerprint density at radius 2 is 2.46 bits per heavy atom. The van der Waals surface area contributed by atoms with Crippen molar-refractivity contribution in [3.8, 4) is 0 Å². The summed E-state index contributed by atoms with van der Waals surface area (Å²) in [4.78, 5) is 11.3. The van der Waals surface area contributed by atoms with Crippen molar-refractivity contribution in [2.45, 2.75) is 6.92 Å². The molecule has 1 amide bonds. The van der Waals surface area contributed by atoms with E-state index < -0.39 is 0 Å². The van der Waals surface area contributed by atoms with Crippen molar-refractivity contribution in [2.24, 2.45) is 0 Å². The summed E-state index contributed by atoms with van der Waals surface area (Å²) < 4.78 is 4.87. The summed E-state index contributed by atoms with van der Waals surface area (Å²) in [7, 11) is 0. The SMILES string of the molecule is CCNC(=S)NC(=O)c1ccco1. The third-order valence-electron chi connectivity index (χ3n) is 1.31. The molecule has 0 bridgehead atoms. The molecule has 0 spiro atoms. The second kappa shape index (κ2) is 4.61. The Bertz CT molecular complexity index is 295. The predicted molar refractivity (Wildman–Crippen MR) is 52.4 cm³/mol. The maximum atomic E-state index is 11.3. The molecule has 13 heavy (non-hydrogen) atoms. The monoisotopic (exact) mass is 198 g/mol. The first-order chi connectivity index (χ1) is 6.24. The molecule has 0 radical (unpaired) electrons. The average molecular weight is 198 g/mol. The number of hydrogen-bond acceptors (Lipinski definition) is 3. The molecule has 2 N–H and O–H groups in total. The zero-order chi connectivity index (χ0) is 9.68. The first kappa shape index (κ1) is 9.73. The highest BCUT2D eigenvalue weighted by molar-refractivity contribution is 7.80. The minimum atomic E-state index is -0.337. The van der Waals surface area contributed by atoms with Crippen molar-refractivity contribution in [3.63, 3.8) is 0 Å². The fraction of sp³-hybridized carbons (Fsp3) is 0.250. The van der Waals surface area contributed by atoms with Crippen molar-refractivity contribution in [2.75, 3.05) is 6.54 Å². The van der Waals surface area contributed by atoms with E-state index in [2.05, 4.69) is 10.6 Å². The minimum absolute atomic E-state index is 0.250. The van der Waals surface area contributed by atoms with Crippen LogP contribution in [-0.4, -0.2) is 17.6 Å². The van der Waals surface area contributed by atoms with Crippen LogP contribution in [0.1, 0.15) is 17.5 Å². The van der Waals surface area contributed by atoms with Gasteiger partial charge in [-0.15, -0.1) is 0 Å². The lowest BCUT2D eigenvalue weighted by Crippen LogP contribution is -2.38. The van der Waals surface area contributed by atoms with Gasteiger partial charge in [-0.3, -0.25) is 10.1 Å². The predicted octanol–water partition coefficient (Wildman–Crippen LogP) is 0.904. The van der Waals surface area contributed by atoms with E-state index in [0.717, 1.165) is 0 Å². The van der Waals surface area contributed by atoms with Gasteiger partial charge in [0, 0.05) is 6.54 Å². The number of thiocarbonyl (C=S) groups is 1. The normalized spacial score (nSPS) is 9.31. The molecule has 0 saturated carbocycles. The number of amides is 1. The molecule has 0 unspecified atom stereocenters. The number of carbonyl (C=O) groups is 1. The Balaban J connectivity index is 2.47. The number of nitrogens with one attached hydrogen (secondary N) is 2. The number of hydrogen-bond donors (Lipinski definition) is 2. The van der Waals surface area contributed by atoms with E-state index in [4.69, 9.17) is 16.6 Å². The van der Waals surface area contributed by atoms with E-state index in [1.54, 1.807) is 12.1 Å². The van der Waals surface area contributed by atoms with Gasteiger partial charge in [0.1, 0.15) is 0 Å². The molecule has 1 aromatic heterocycles. The summed E-state index contributed by atoms with van der Waals surface area (Å²) in [6.07, 6.45) is 1.44. The van der Waals surface area contributed by atoms with Gasteiger partial charge in [0.15, 0.2) is 10.9 Å². The molecule has 1 aromatic rings. The number of carbonyl (C=O) groups excluding carboxylic acids is 1. The van der Waals surface area contributed by atoms with Crippen LogP contribution in [0.4, 0.5) is 0 Å². The fourth-order valence-electron chi connectivity index (χ4n) is 0.777. The molecule has 1 rings (SSSR count). The first-order valence-electron chi connectivity index (χ1n) is 3.86. The summed E-state index contributed by atoms with van der Waals surface area (Å²) in [6, 6.07) is 3.22. The number of furan rings is 1. The smallest absolute Gasteiger partial charge is 0.293 e. The summed E-state index contributed by atoms with van der Waals surface area (Å²) in [5.74, 6) is -0.0868. The molecule has 4 nitrogen and oxygen atoms in total. The third-order valence-corrected chi connectivity index (χ3v) is 1.56. The van der Waals surface area contributed by atoms with Gasteiger partial charge in [-0.2, -0.15) is 0 Å². The van der Waals surface area contributed by atoms with Gasteiger partial charge in [0.2, 0.25) is 0 Å². The van der Waals surface area contributed by atoms with Crippen LogP contribution in [0.2, 0.25) is 0 Å². The summed E-state index contributed by atoms with van der Waals surface area (Å²) in [5.41, 5.74) is 0. The van der Waals surface area contributed by atoms with Crippen LogP contribution < -0.4 is 10.6 Å². The van der Waals surface area contributed by atoms with Crippen LogP contribution in [0.5, 0.6) is 0 Å². The van der Waals surface area contributed by atoms with E-state index in [1.165, 1.54) is 6.26 Å².